The van der Waals surface area contributed by atoms with Gasteiger partial charge >= 0.3 is 5.97 Å². The average Bonchev–Trinajstić information content (AvgIpc) is 3.18. The van der Waals surface area contributed by atoms with Crippen LogP contribution in [0.1, 0.15) is 17.7 Å². The summed E-state index contributed by atoms with van der Waals surface area (Å²) >= 11 is 0. The second kappa shape index (κ2) is 7.16. The number of nitro groups is 1. The Morgan fingerprint density at radius 1 is 1.33 bits per heavy atom. The number of sulfone groups is 1. The van der Waals surface area contributed by atoms with Crippen molar-refractivity contribution in [2.45, 2.75) is 43.2 Å². The van der Waals surface area contributed by atoms with E-state index in [4.69, 9.17) is 4.74 Å². The van der Waals surface area contributed by atoms with Gasteiger partial charge in [0.25, 0.3) is 5.69 Å². The minimum atomic E-state index is -3.81. The zero-order valence-electron chi connectivity index (χ0n) is 15.7. The van der Waals surface area contributed by atoms with Crippen molar-refractivity contribution in [2.24, 2.45) is 0 Å². The number of benzene rings is 1. The lowest BCUT2D eigenvalue weighted by Gasteiger charge is -2.35. The third kappa shape index (κ3) is 3.30. The van der Waals surface area contributed by atoms with E-state index in [0.29, 0.717) is 11.3 Å². The molecule has 4 rings (SSSR count). The van der Waals surface area contributed by atoms with Gasteiger partial charge in [-0.1, -0.05) is 0 Å². The highest BCUT2D eigenvalue weighted by Gasteiger charge is 2.64. The molecule has 0 N–H and O–H groups in total. The fourth-order valence-electron chi connectivity index (χ4n) is 3.63. The quantitative estimate of drug-likeness (QED) is 0.263. The fraction of sp³-hybridized carbons (Fsp3) is 0.412. The molecule has 3 heterocycles. The first kappa shape index (κ1) is 19.9. The Morgan fingerprint density at radius 3 is 2.60 bits per heavy atom. The summed E-state index contributed by atoms with van der Waals surface area (Å²) in [5.41, 5.74) is 0.965. The maximum atomic E-state index is 12.9. The van der Waals surface area contributed by atoms with Gasteiger partial charge in [-0.05, 0) is 24.6 Å². The zero-order chi connectivity index (χ0) is 21.6. The van der Waals surface area contributed by atoms with Gasteiger partial charge in [0.2, 0.25) is 5.91 Å². The number of fused-ring (bicyclic) bond motifs is 1. The van der Waals surface area contributed by atoms with Crippen molar-refractivity contribution >= 4 is 27.4 Å². The van der Waals surface area contributed by atoms with E-state index in [1.54, 1.807) is 6.92 Å². The van der Waals surface area contributed by atoms with Crippen LogP contribution in [-0.2, 0) is 37.3 Å². The Kier molecular flexibility index (Phi) is 4.76. The van der Waals surface area contributed by atoms with Gasteiger partial charge in [-0.25, -0.2) is 13.2 Å². The Bertz CT molecular complexity index is 1130. The van der Waals surface area contributed by atoms with Crippen LogP contribution in [0.3, 0.4) is 0 Å². The minimum absolute atomic E-state index is 0.108. The second-order valence-electron chi connectivity index (χ2n) is 7.10. The number of non-ortho nitro benzene ring substituents is 1. The second-order valence-corrected chi connectivity index (χ2v) is 9.43. The molecule has 2 aliphatic heterocycles. The van der Waals surface area contributed by atoms with Crippen molar-refractivity contribution in [1.29, 1.82) is 0 Å². The van der Waals surface area contributed by atoms with E-state index in [1.165, 1.54) is 35.3 Å². The highest BCUT2D eigenvalue weighted by molar-refractivity contribution is 7.93. The number of carbonyl (C=O) groups is 2. The van der Waals surface area contributed by atoms with E-state index in [1.807, 2.05) is 0 Å². The van der Waals surface area contributed by atoms with Gasteiger partial charge in [0, 0.05) is 12.1 Å². The first-order valence-corrected chi connectivity index (χ1v) is 10.6. The van der Waals surface area contributed by atoms with Gasteiger partial charge in [-0.2, -0.15) is 15.0 Å². The molecule has 0 radical (unpaired) electrons. The predicted octanol–water partition coefficient (Wildman–Crippen LogP) is -0.0379. The smallest absolute Gasteiger partial charge is 0.330 e. The number of nitrogens with zero attached hydrogens (tertiary/aromatic N) is 5. The van der Waals surface area contributed by atoms with Crippen LogP contribution in [-0.4, -0.2) is 61.8 Å². The molecule has 1 amide bonds. The molecule has 1 aromatic carbocycles. The summed E-state index contributed by atoms with van der Waals surface area (Å²) in [5, 5.41) is 16.5. The van der Waals surface area contributed by atoms with Crippen molar-refractivity contribution in [3.8, 4) is 0 Å². The van der Waals surface area contributed by atoms with Crippen molar-refractivity contribution in [3.05, 3.63) is 51.8 Å². The number of nitro benzene ring substituents is 1. The number of carbonyl (C=O) groups excluding carboxylic acids is 2. The van der Waals surface area contributed by atoms with E-state index in [0.717, 1.165) is 4.90 Å². The largest absolute Gasteiger partial charge is 0.459 e. The van der Waals surface area contributed by atoms with Gasteiger partial charge in [0.05, 0.1) is 29.8 Å². The summed E-state index contributed by atoms with van der Waals surface area (Å²) < 4.78 is 31.0. The molecule has 13 heteroatoms. The van der Waals surface area contributed by atoms with Crippen molar-refractivity contribution in [1.82, 2.24) is 19.9 Å². The number of ether oxygens (including phenoxy) is 1. The highest BCUT2D eigenvalue weighted by atomic mass is 32.2. The van der Waals surface area contributed by atoms with Gasteiger partial charge in [0.15, 0.2) is 9.84 Å². The molecule has 2 fully saturated rings. The summed E-state index contributed by atoms with van der Waals surface area (Å²) in [4.78, 5) is 37.2. The minimum Gasteiger partial charge on any atom is -0.459 e. The summed E-state index contributed by atoms with van der Waals surface area (Å²) in [7, 11) is -3.81. The Labute approximate surface area is 170 Å². The van der Waals surface area contributed by atoms with Crippen molar-refractivity contribution in [2.75, 3.05) is 0 Å². The number of aryl methyl sites for hydroxylation is 1. The maximum Gasteiger partial charge on any atom is 0.330 e. The molecule has 2 unspecified atom stereocenters. The van der Waals surface area contributed by atoms with Crippen LogP contribution < -0.4 is 0 Å². The summed E-state index contributed by atoms with van der Waals surface area (Å²) in [6.07, 6.45) is 1.29. The van der Waals surface area contributed by atoms with Crippen LogP contribution in [0.4, 0.5) is 5.69 Å². The molecular weight excluding hydrogens is 418 g/mol. The summed E-state index contributed by atoms with van der Waals surface area (Å²) in [6.45, 7) is 1.29. The van der Waals surface area contributed by atoms with Crippen LogP contribution in [0, 0.1) is 17.0 Å². The number of aromatic nitrogens is 3. The maximum absolute atomic E-state index is 12.9. The number of β-lactam (4-membered cyclic amide) rings is 1. The molecule has 2 aliphatic rings. The van der Waals surface area contributed by atoms with Crippen LogP contribution in [0.25, 0.3) is 0 Å². The molecule has 30 heavy (non-hydrogen) atoms. The number of hydrogen-bond donors (Lipinski definition) is 0. The van der Waals surface area contributed by atoms with E-state index in [2.05, 4.69) is 10.2 Å². The molecule has 1 aromatic heterocycles. The van der Waals surface area contributed by atoms with Gasteiger partial charge in [-0.15, -0.1) is 0 Å². The normalized spacial score (nSPS) is 24.2. The highest BCUT2D eigenvalue weighted by Crippen LogP contribution is 2.40. The van der Waals surface area contributed by atoms with Gasteiger partial charge < -0.3 is 9.64 Å². The van der Waals surface area contributed by atoms with E-state index < -0.39 is 43.3 Å². The third-order valence-corrected chi connectivity index (χ3v) is 7.57. The monoisotopic (exact) mass is 435 g/mol. The van der Waals surface area contributed by atoms with Crippen LogP contribution >= 0.6 is 0 Å². The zero-order valence-corrected chi connectivity index (χ0v) is 16.6. The molecule has 0 spiro atoms. The molecule has 0 saturated carbocycles. The van der Waals surface area contributed by atoms with E-state index in [-0.39, 0.29) is 25.3 Å². The average molecular weight is 435 g/mol. The predicted molar refractivity (Wildman–Crippen MR) is 99.4 cm³/mol. The van der Waals surface area contributed by atoms with Crippen LogP contribution in [0.15, 0.2) is 30.5 Å². The lowest BCUT2D eigenvalue weighted by atomic mass is 10.1. The van der Waals surface area contributed by atoms with Crippen LogP contribution in [0.5, 0.6) is 0 Å². The number of rotatable bonds is 6. The number of hydrogen-bond acceptors (Lipinski definition) is 9. The van der Waals surface area contributed by atoms with E-state index in [9.17, 15) is 28.1 Å². The number of esters is 1. The van der Waals surface area contributed by atoms with E-state index >= 15 is 0 Å². The van der Waals surface area contributed by atoms with Crippen LogP contribution in [0.2, 0.25) is 0 Å². The van der Waals surface area contributed by atoms with Crippen molar-refractivity contribution in [3.63, 3.8) is 0 Å². The molecule has 3 atom stereocenters. The fourth-order valence-corrected chi connectivity index (χ4v) is 5.91. The third-order valence-electron chi connectivity index (χ3n) is 5.16. The molecule has 2 saturated heterocycles. The molecule has 0 aliphatic carbocycles. The molecule has 0 bridgehead atoms. The first-order valence-electron chi connectivity index (χ1n) is 8.99. The summed E-state index contributed by atoms with van der Waals surface area (Å²) in [5.74, 6) is -1.30. The molecule has 12 nitrogen and oxygen atoms in total. The van der Waals surface area contributed by atoms with Gasteiger partial charge in [0.1, 0.15) is 23.3 Å². The molecule has 158 valence electrons. The molecule has 2 aromatic rings. The molecular formula is C17H17N5O7S. The Balaban J connectivity index is 1.53. The first-order chi connectivity index (χ1) is 14.2. The Morgan fingerprint density at radius 2 is 2.03 bits per heavy atom. The standard InChI is InChI=1S/C17H17N5O7S/c1-10-7-18-20(19-10)8-13-16(21-14(23)6-15(21)30(13,27)28)17(24)29-9-11-2-4-12(5-3-11)22(25)26/h2-5,7,13,15-16H,6,8-9H2,1H3/t13?,15-,16?/m1/s1. The Hall–Kier alpha value is -3.35. The lowest BCUT2D eigenvalue weighted by Crippen LogP contribution is -2.56. The van der Waals surface area contributed by atoms with Crippen molar-refractivity contribution < 1.29 is 27.7 Å². The van der Waals surface area contributed by atoms with Gasteiger partial charge in [-0.3, -0.25) is 14.9 Å². The lowest BCUT2D eigenvalue weighted by molar-refractivity contribution is -0.384. The summed E-state index contributed by atoms with van der Waals surface area (Å²) in [6, 6.07) is 4.11. The number of amides is 1. The SMILES string of the molecule is Cc1cnn(CC2C(C(=O)OCc3ccc([N+](=O)[O-])cc3)N3C(=O)C[C@H]3S2(=O)=O)n1. The topological polar surface area (TPSA) is 155 Å².